The van der Waals surface area contributed by atoms with Gasteiger partial charge in [0.1, 0.15) is 5.69 Å². The number of aliphatic hydroxyl groups is 1. The zero-order valence-corrected chi connectivity index (χ0v) is 10.2. The molecule has 0 saturated carbocycles. The molecule has 0 aliphatic rings. The van der Waals surface area contributed by atoms with Gasteiger partial charge in [-0.1, -0.05) is 0 Å². The molecule has 0 heterocycles. The fraction of sp³-hybridized carbons (Fsp3) is 0.400. The molecule has 1 aromatic rings. The number of nitro groups is 1. The topological polar surface area (TPSA) is 75.4 Å². The van der Waals surface area contributed by atoms with Gasteiger partial charge in [0.15, 0.2) is 0 Å². The van der Waals surface area contributed by atoms with Crippen molar-refractivity contribution in [1.29, 1.82) is 0 Å². The molecule has 0 aromatic heterocycles. The lowest BCUT2D eigenvalue weighted by Crippen LogP contribution is -2.21. The summed E-state index contributed by atoms with van der Waals surface area (Å²) in [5.74, 6) is -0.139. The van der Waals surface area contributed by atoms with Crippen molar-refractivity contribution in [3.8, 4) is 0 Å². The van der Waals surface area contributed by atoms with Crippen molar-refractivity contribution >= 4 is 23.0 Å². The van der Waals surface area contributed by atoms with Gasteiger partial charge in [-0.05, 0) is 12.1 Å². The quantitative estimate of drug-likeness (QED) is 0.498. The van der Waals surface area contributed by atoms with Crippen LogP contribution in [0, 0.1) is 10.1 Å². The van der Waals surface area contributed by atoms with E-state index >= 15 is 0 Å². The van der Waals surface area contributed by atoms with Crippen LogP contribution in [0.3, 0.4) is 0 Å². The molecule has 9 heteroatoms. The molecule has 0 fully saturated rings. The molecule has 1 unspecified atom stereocenters. The van der Waals surface area contributed by atoms with E-state index in [0.717, 1.165) is 6.07 Å². The summed E-state index contributed by atoms with van der Waals surface area (Å²) in [6.45, 7) is -0.189. The van der Waals surface area contributed by atoms with E-state index in [9.17, 15) is 28.4 Å². The summed E-state index contributed by atoms with van der Waals surface area (Å²) < 4.78 is 37.5. The molecule has 0 saturated heterocycles. The molecular weight excluding hydrogens is 289 g/mol. The summed E-state index contributed by atoms with van der Waals surface area (Å²) in [7, 11) is 0. The molecule has 0 radical (unpaired) electrons. The first kappa shape index (κ1) is 15.5. The number of nitrogens with zero attached hydrogens (tertiary/aromatic N) is 1. The van der Waals surface area contributed by atoms with Gasteiger partial charge in [0.25, 0.3) is 5.69 Å². The van der Waals surface area contributed by atoms with Crippen molar-refractivity contribution < 1.29 is 23.2 Å². The van der Waals surface area contributed by atoms with Crippen LogP contribution in [-0.2, 0) is 6.18 Å². The molecule has 0 aliphatic carbocycles. The lowest BCUT2D eigenvalue weighted by molar-refractivity contribution is -0.384. The maximum absolute atomic E-state index is 12.5. The Hall–Kier alpha value is -1.54. The molecule has 0 bridgehead atoms. The molecule has 1 atom stereocenters. The normalized spacial score (nSPS) is 13.1. The van der Waals surface area contributed by atoms with Gasteiger partial charge < -0.3 is 10.4 Å². The van der Waals surface area contributed by atoms with Gasteiger partial charge in [-0.2, -0.15) is 13.2 Å². The summed E-state index contributed by atoms with van der Waals surface area (Å²) in [5, 5.41) is 22.3. The maximum Gasteiger partial charge on any atom is 0.416 e. The highest BCUT2D eigenvalue weighted by Gasteiger charge is 2.32. The lowest BCUT2D eigenvalue weighted by Gasteiger charge is -2.12. The van der Waals surface area contributed by atoms with E-state index in [2.05, 4.69) is 5.32 Å². The number of halogens is 4. The standard InChI is InChI=1S/C10H10ClF3N2O3/c11-4-7(17)5-15-8-3-6(10(12,13)14)1-2-9(8)16(18)19/h1-3,7,15,17H,4-5H2. The second-order valence-corrected chi connectivity index (χ2v) is 3.98. The monoisotopic (exact) mass is 298 g/mol. The van der Waals surface area contributed by atoms with Crippen LogP contribution >= 0.6 is 11.6 Å². The lowest BCUT2D eigenvalue weighted by atomic mass is 10.1. The number of rotatable bonds is 5. The average molecular weight is 299 g/mol. The number of nitrogens with one attached hydrogen (secondary N) is 1. The van der Waals surface area contributed by atoms with Crippen LogP contribution in [0.1, 0.15) is 5.56 Å². The van der Waals surface area contributed by atoms with Crippen molar-refractivity contribution in [3.63, 3.8) is 0 Å². The first-order chi connectivity index (χ1) is 8.75. The van der Waals surface area contributed by atoms with Crippen molar-refractivity contribution in [2.45, 2.75) is 12.3 Å². The van der Waals surface area contributed by atoms with Gasteiger partial charge in [0.2, 0.25) is 0 Å². The SMILES string of the molecule is O=[N+]([O-])c1ccc(C(F)(F)F)cc1NCC(O)CCl. The largest absolute Gasteiger partial charge is 0.416 e. The van der Waals surface area contributed by atoms with Crippen LogP contribution in [0.5, 0.6) is 0 Å². The second kappa shape index (κ2) is 6.07. The highest BCUT2D eigenvalue weighted by atomic mass is 35.5. The third-order valence-corrected chi connectivity index (χ3v) is 2.58. The predicted molar refractivity (Wildman–Crippen MR) is 63.3 cm³/mol. The maximum atomic E-state index is 12.5. The van der Waals surface area contributed by atoms with E-state index in [-0.39, 0.29) is 18.1 Å². The molecule has 2 N–H and O–H groups in total. The molecule has 106 valence electrons. The Kier molecular flexibility index (Phi) is 4.96. The summed E-state index contributed by atoms with van der Waals surface area (Å²) >= 11 is 5.32. The zero-order valence-electron chi connectivity index (χ0n) is 9.45. The summed E-state index contributed by atoms with van der Waals surface area (Å²) in [4.78, 5) is 9.88. The highest BCUT2D eigenvalue weighted by Crippen LogP contribution is 2.34. The number of nitro benzene ring substituents is 1. The smallest absolute Gasteiger partial charge is 0.390 e. The van der Waals surface area contributed by atoms with E-state index in [0.29, 0.717) is 12.1 Å². The molecule has 0 spiro atoms. The molecule has 19 heavy (non-hydrogen) atoms. The molecule has 0 amide bonds. The van der Waals surface area contributed by atoms with Crippen molar-refractivity contribution in [2.24, 2.45) is 0 Å². The fourth-order valence-corrected chi connectivity index (χ4v) is 1.40. The van der Waals surface area contributed by atoms with Gasteiger partial charge in [-0.25, -0.2) is 0 Å². The first-order valence-corrected chi connectivity index (χ1v) is 5.62. The summed E-state index contributed by atoms with van der Waals surface area (Å²) in [6.07, 6.45) is -5.62. The van der Waals surface area contributed by atoms with Crippen molar-refractivity contribution in [3.05, 3.63) is 33.9 Å². The minimum Gasteiger partial charge on any atom is -0.390 e. The number of hydrogen-bond acceptors (Lipinski definition) is 4. The summed E-state index contributed by atoms with van der Waals surface area (Å²) in [5.41, 5.74) is -1.83. The minimum atomic E-state index is -4.60. The molecule has 1 aromatic carbocycles. The Bertz CT molecular complexity index is 468. The van der Waals surface area contributed by atoms with Gasteiger partial charge in [-0.3, -0.25) is 10.1 Å². The van der Waals surface area contributed by atoms with Crippen molar-refractivity contribution in [2.75, 3.05) is 17.7 Å². The third kappa shape index (κ3) is 4.25. The molecule has 5 nitrogen and oxygen atoms in total. The number of benzene rings is 1. The van der Waals surface area contributed by atoms with Crippen LogP contribution in [0.15, 0.2) is 18.2 Å². The van der Waals surface area contributed by atoms with Crippen LogP contribution in [-0.4, -0.2) is 28.6 Å². The summed E-state index contributed by atoms with van der Waals surface area (Å²) in [6, 6.07) is 2.01. The van der Waals surface area contributed by atoms with E-state index in [4.69, 9.17) is 11.6 Å². The fourth-order valence-electron chi connectivity index (χ4n) is 1.30. The van der Waals surface area contributed by atoms with E-state index in [1.807, 2.05) is 0 Å². The number of aliphatic hydroxyl groups excluding tert-OH is 1. The van der Waals surface area contributed by atoms with Gasteiger partial charge >= 0.3 is 6.18 Å². The zero-order chi connectivity index (χ0) is 14.6. The van der Waals surface area contributed by atoms with Gasteiger partial charge in [-0.15, -0.1) is 11.6 Å². The average Bonchev–Trinajstić information content (AvgIpc) is 2.34. The van der Waals surface area contributed by atoms with E-state index in [1.165, 1.54) is 0 Å². The van der Waals surface area contributed by atoms with Crippen LogP contribution < -0.4 is 5.32 Å². The Balaban J connectivity index is 3.06. The van der Waals surface area contributed by atoms with E-state index in [1.54, 1.807) is 0 Å². The van der Waals surface area contributed by atoms with Gasteiger partial charge in [0, 0.05) is 12.6 Å². The van der Waals surface area contributed by atoms with Crippen molar-refractivity contribution in [1.82, 2.24) is 0 Å². The first-order valence-electron chi connectivity index (χ1n) is 5.09. The van der Waals surface area contributed by atoms with E-state index < -0.39 is 28.5 Å². The Morgan fingerprint density at radius 1 is 1.47 bits per heavy atom. The highest BCUT2D eigenvalue weighted by molar-refractivity contribution is 6.18. The van der Waals surface area contributed by atoms with Crippen LogP contribution in [0.2, 0.25) is 0 Å². The minimum absolute atomic E-state index is 0.139. The molecule has 0 aliphatic heterocycles. The third-order valence-electron chi connectivity index (χ3n) is 2.23. The Labute approximate surface area is 111 Å². The molecular formula is C10H10ClF3N2O3. The van der Waals surface area contributed by atoms with Crippen LogP contribution in [0.4, 0.5) is 24.5 Å². The molecule has 1 rings (SSSR count). The van der Waals surface area contributed by atoms with Crippen LogP contribution in [0.25, 0.3) is 0 Å². The number of hydrogen-bond donors (Lipinski definition) is 2. The Morgan fingerprint density at radius 2 is 2.11 bits per heavy atom. The predicted octanol–water partition coefficient (Wildman–Crippen LogP) is 2.63. The Morgan fingerprint density at radius 3 is 2.58 bits per heavy atom. The number of alkyl halides is 4. The number of anilines is 1. The second-order valence-electron chi connectivity index (χ2n) is 3.68. The van der Waals surface area contributed by atoms with Gasteiger partial charge in [0.05, 0.1) is 22.5 Å².